The number of halogens is 2. The molecule has 4 N–H and O–H groups in total. The molecule has 0 spiro atoms. The van der Waals surface area contributed by atoms with Crippen molar-refractivity contribution in [2.45, 2.75) is 24.0 Å². The van der Waals surface area contributed by atoms with E-state index >= 15 is 0 Å². The lowest BCUT2D eigenvalue weighted by Gasteiger charge is -2.40. The van der Waals surface area contributed by atoms with Crippen LogP contribution in [0, 0.1) is 0 Å². The molecule has 0 radical (unpaired) electrons. The summed E-state index contributed by atoms with van der Waals surface area (Å²) >= 11 is 13.9. The van der Waals surface area contributed by atoms with Gasteiger partial charge in [-0.25, -0.2) is 10.8 Å². The molecule has 0 amide bonds. The third-order valence-corrected chi connectivity index (χ3v) is 5.34. The van der Waals surface area contributed by atoms with Crippen molar-refractivity contribution in [3.8, 4) is 0 Å². The lowest BCUT2D eigenvalue weighted by atomic mass is 9.84. The molecule has 0 aliphatic heterocycles. The van der Waals surface area contributed by atoms with Crippen LogP contribution in [-0.4, -0.2) is 22.5 Å². The molecule has 1 heterocycles. The summed E-state index contributed by atoms with van der Waals surface area (Å²) in [6, 6.07) is 1.64. The van der Waals surface area contributed by atoms with Gasteiger partial charge in [0, 0.05) is 11.3 Å². The highest BCUT2D eigenvalue weighted by atomic mass is 35.5. The van der Waals surface area contributed by atoms with Crippen molar-refractivity contribution in [3.63, 3.8) is 0 Å². The van der Waals surface area contributed by atoms with Crippen molar-refractivity contribution in [2.24, 2.45) is 5.84 Å². The highest BCUT2D eigenvalue weighted by Gasteiger charge is 2.36. The van der Waals surface area contributed by atoms with Gasteiger partial charge in [-0.15, -0.1) is 0 Å². The average molecular weight is 307 g/mol. The fourth-order valence-corrected chi connectivity index (χ4v) is 3.35. The molecule has 1 aliphatic rings. The van der Waals surface area contributed by atoms with Crippen molar-refractivity contribution >= 4 is 46.6 Å². The molecule has 4 nitrogen and oxygen atoms in total. The summed E-state index contributed by atoms with van der Waals surface area (Å²) in [6.45, 7) is 0.854. The number of anilines is 2. The maximum Gasteiger partial charge on any atom is 0.161 e. The maximum absolute atomic E-state index is 6.11. The predicted octanol–water partition coefficient (Wildman–Crippen LogP) is 3.37. The van der Waals surface area contributed by atoms with E-state index in [-0.39, 0.29) is 0 Å². The van der Waals surface area contributed by atoms with Gasteiger partial charge in [0.1, 0.15) is 5.82 Å². The lowest BCUT2D eigenvalue weighted by molar-refractivity contribution is 0.379. The van der Waals surface area contributed by atoms with Crippen molar-refractivity contribution in [1.82, 2.24) is 4.98 Å². The summed E-state index contributed by atoms with van der Waals surface area (Å²) in [7, 11) is 0. The molecule has 1 aromatic rings. The highest BCUT2D eigenvalue weighted by molar-refractivity contribution is 8.00. The van der Waals surface area contributed by atoms with Crippen LogP contribution in [0.25, 0.3) is 0 Å². The lowest BCUT2D eigenvalue weighted by Crippen LogP contribution is -2.40. The van der Waals surface area contributed by atoms with E-state index in [0.29, 0.717) is 26.4 Å². The first-order valence-corrected chi connectivity index (χ1v) is 7.70. The molecule has 1 saturated carbocycles. The van der Waals surface area contributed by atoms with E-state index in [1.165, 1.54) is 19.3 Å². The molecular formula is C11H16Cl2N4S. The molecule has 7 heteroatoms. The molecule has 100 valence electrons. The second-order valence-corrected chi connectivity index (χ2v) is 6.48. The van der Waals surface area contributed by atoms with E-state index in [0.717, 1.165) is 6.54 Å². The van der Waals surface area contributed by atoms with Crippen molar-refractivity contribution in [1.29, 1.82) is 0 Å². The van der Waals surface area contributed by atoms with Crippen LogP contribution in [0.3, 0.4) is 0 Å². The predicted molar refractivity (Wildman–Crippen MR) is 80.7 cm³/mol. The smallest absolute Gasteiger partial charge is 0.161 e. The standard InChI is InChI=1S/C11H16Cl2N4S/c1-18-11(3-2-4-11)6-15-9-7(12)5-8(13)10(16-9)17-14/h5H,2-4,6,14H2,1H3,(H2,15,16,17). The summed E-state index contributed by atoms with van der Waals surface area (Å²) in [5.41, 5.74) is 2.46. The number of aromatic nitrogens is 1. The zero-order valence-electron chi connectivity index (χ0n) is 10.1. The number of thioether (sulfide) groups is 1. The molecule has 0 bridgehead atoms. The zero-order valence-corrected chi connectivity index (χ0v) is 12.4. The summed E-state index contributed by atoms with van der Waals surface area (Å²) in [5, 5.41) is 4.21. The molecule has 2 rings (SSSR count). The third-order valence-electron chi connectivity index (χ3n) is 3.34. The Bertz CT molecular complexity index is 432. The number of nitrogens with one attached hydrogen (secondary N) is 2. The van der Waals surface area contributed by atoms with Crippen LogP contribution in [0.1, 0.15) is 19.3 Å². The van der Waals surface area contributed by atoms with Gasteiger partial charge in [-0.1, -0.05) is 29.6 Å². The molecule has 0 atom stereocenters. The topological polar surface area (TPSA) is 63.0 Å². The van der Waals surface area contributed by atoms with Crippen LogP contribution in [0.5, 0.6) is 0 Å². The Morgan fingerprint density at radius 3 is 2.56 bits per heavy atom. The van der Waals surface area contributed by atoms with Gasteiger partial charge in [0.05, 0.1) is 10.0 Å². The van der Waals surface area contributed by atoms with Crippen LogP contribution < -0.4 is 16.6 Å². The van der Waals surface area contributed by atoms with Gasteiger partial charge in [-0.2, -0.15) is 11.8 Å². The van der Waals surface area contributed by atoms with Crippen LogP contribution in [0.4, 0.5) is 11.6 Å². The highest BCUT2D eigenvalue weighted by Crippen LogP contribution is 2.43. The van der Waals surface area contributed by atoms with E-state index in [9.17, 15) is 0 Å². The fourth-order valence-electron chi connectivity index (χ4n) is 1.96. The van der Waals surface area contributed by atoms with E-state index in [1.807, 2.05) is 11.8 Å². The quantitative estimate of drug-likeness (QED) is 0.575. The monoisotopic (exact) mass is 306 g/mol. The SMILES string of the molecule is CSC1(CNc2nc(NN)c(Cl)cc2Cl)CCC1. The molecular weight excluding hydrogens is 291 g/mol. The van der Waals surface area contributed by atoms with Crippen LogP contribution >= 0.6 is 35.0 Å². The largest absolute Gasteiger partial charge is 0.367 e. The minimum absolute atomic E-state index is 0.320. The van der Waals surface area contributed by atoms with Crippen LogP contribution in [0.15, 0.2) is 6.07 Å². The average Bonchev–Trinajstić information content (AvgIpc) is 2.30. The molecule has 1 aromatic heterocycles. The zero-order chi connectivity index (χ0) is 13.2. The second-order valence-electron chi connectivity index (χ2n) is 4.39. The maximum atomic E-state index is 6.11. The van der Waals surface area contributed by atoms with Gasteiger partial charge in [0.2, 0.25) is 0 Å². The Balaban J connectivity index is 2.09. The fraction of sp³-hybridized carbons (Fsp3) is 0.545. The first kappa shape index (κ1) is 14.1. The number of nitrogens with two attached hydrogens (primary N) is 1. The minimum Gasteiger partial charge on any atom is -0.367 e. The van der Waals surface area contributed by atoms with Gasteiger partial charge in [-0.05, 0) is 25.2 Å². The van der Waals surface area contributed by atoms with E-state index in [4.69, 9.17) is 29.0 Å². The van der Waals surface area contributed by atoms with E-state index in [1.54, 1.807) is 6.07 Å². The summed E-state index contributed by atoms with van der Waals surface area (Å²) in [4.78, 5) is 4.27. The second kappa shape index (κ2) is 5.74. The summed E-state index contributed by atoms with van der Waals surface area (Å²) < 4.78 is 0.320. The van der Waals surface area contributed by atoms with Crippen molar-refractivity contribution < 1.29 is 0 Å². The van der Waals surface area contributed by atoms with Gasteiger partial charge in [0.25, 0.3) is 0 Å². The Kier molecular flexibility index (Phi) is 4.48. The van der Waals surface area contributed by atoms with E-state index < -0.39 is 0 Å². The molecule has 1 fully saturated rings. The molecule has 18 heavy (non-hydrogen) atoms. The van der Waals surface area contributed by atoms with Crippen molar-refractivity contribution in [3.05, 3.63) is 16.1 Å². The van der Waals surface area contributed by atoms with Crippen LogP contribution in [0.2, 0.25) is 10.0 Å². The first-order chi connectivity index (χ1) is 8.60. The molecule has 0 unspecified atom stereocenters. The van der Waals surface area contributed by atoms with E-state index in [2.05, 4.69) is 22.0 Å². The Hall–Kier alpha value is -0.360. The van der Waals surface area contributed by atoms with Crippen LogP contribution in [-0.2, 0) is 0 Å². The molecule has 0 aromatic carbocycles. The summed E-state index contributed by atoms with van der Waals surface area (Å²) in [5.74, 6) is 6.39. The molecule has 1 aliphatic carbocycles. The van der Waals surface area contributed by atoms with Gasteiger partial charge in [0.15, 0.2) is 5.82 Å². The number of rotatable bonds is 5. The number of nitrogens with zero attached hydrogens (tertiary/aromatic N) is 1. The van der Waals surface area contributed by atoms with Crippen molar-refractivity contribution in [2.75, 3.05) is 23.5 Å². The number of pyridine rings is 1. The first-order valence-electron chi connectivity index (χ1n) is 5.72. The number of nitrogen functional groups attached to an aromatic ring is 1. The Morgan fingerprint density at radius 2 is 2.06 bits per heavy atom. The van der Waals surface area contributed by atoms with Gasteiger partial charge in [-0.3, -0.25) is 0 Å². The number of hydrogen-bond acceptors (Lipinski definition) is 5. The van der Waals surface area contributed by atoms with Gasteiger partial charge < -0.3 is 10.7 Å². The normalized spacial score (nSPS) is 17.1. The third kappa shape index (κ3) is 2.79. The van der Waals surface area contributed by atoms with Gasteiger partial charge >= 0.3 is 0 Å². The molecule has 0 saturated heterocycles. The minimum atomic E-state index is 0.320. The summed E-state index contributed by atoms with van der Waals surface area (Å²) in [6.07, 6.45) is 5.90. The Morgan fingerprint density at radius 1 is 1.39 bits per heavy atom. The number of hydrazine groups is 1. The number of hydrogen-bond donors (Lipinski definition) is 3. The Labute approximate surface area is 121 Å².